The first kappa shape index (κ1) is 9.08. The van der Waals surface area contributed by atoms with E-state index in [4.69, 9.17) is 5.14 Å². The summed E-state index contributed by atoms with van der Waals surface area (Å²) in [6.45, 7) is 0. The third kappa shape index (κ3) is 2.55. The van der Waals surface area contributed by atoms with E-state index >= 15 is 0 Å². The highest BCUT2D eigenvalue weighted by Crippen LogP contribution is 2.05. The summed E-state index contributed by atoms with van der Waals surface area (Å²) in [6.07, 6.45) is 1.24. The fourth-order valence-electron chi connectivity index (χ4n) is 0.744. The Kier molecular flexibility index (Phi) is 2.39. The fraction of sp³-hybridized carbons (Fsp3) is 0.167. The topological polar surface area (TPSA) is 73.1 Å². The molecule has 1 heterocycles. The SMILES string of the molecule is NS(=O)(=O)Cc1cccnc1F. The van der Waals surface area contributed by atoms with Crippen LogP contribution in [-0.2, 0) is 15.8 Å². The molecular weight excluding hydrogens is 183 g/mol. The summed E-state index contributed by atoms with van der Waals surface area (Å²) in [5.74, 6) is -1.32. The van der Waals surface area contributed by atoms with Gasteiger partial charge in [-0.05, 0) is 6.07 Å². The van der Waals surface area contributed by atoms with Gasteiger partial charge in [0.1, 0.15) is 0 Å². The standard InChI is InChI=1S/C6H7FN2O2S/c7-6-5(2-1-3-9-6)4-12(8,10)11/h1-3H,4H2,(H2,8,10,11). The number of nitrogens with two attached hydrogens (primary N) is 1. The van der Waals surface area contributed by atoms with Gasteiger partial charge in [0.15, 0.2) is 0 Å². The lowest BCUT2D eigenvalue weighted by atomic mass is 10.3. The molecular formula is C6H7FN2O2S. The van der Waals surface area contributed by atoms with Crippen molar-refractivity contribution >= 4 is 10.0 Å². The molecule has 0 amide bonds. The number of nitrogens with zero attached hydrogens (tertiary/aromatic N) is 1. The van der Waals surface area contributed by atoms with Crippen molar-refractivity contribution in [2.24, 2.45) is 5.14 Å². The first-order chi connectivity index (χ1) is 5.49. The predicted molar refractivity (Wildman–Crippen MR) is 41.0 cm³/mol. The van der Waals surface area contributed by atoms with E-state index in [-0.39, 0.29) is 5.56 Å². The Morgan fingerprint density at radius 1 is 1.58 bits per heavy atom. The molecule has 0 bridgehead atoms. The third-order valence-corrected chi connectivity index (χ3v) is 1.91. The van der Waals surface area contributed by atoms with E-state index < -0.39 is 21.7 Å². The summed E-state index contributed by atoms with van der Waals surface area (Å²) in [5, 5.41) is 4.71. The van der Waals surface area contributed by atoms with Crippen LogP contribution >= 0.6 is 0 Å². The van der Waals surface area contributed by atoms with E-state index in [0.29, 0.717) is 0 Å². The van der Waals surface area contributed by atoms with Crippen LogP contribution in [0.5, 0.6) is 0 Å². The van der Waals surface area contributed by atoms with E-state index in [0.717, 1.165) is 0 Å². The molecule has 66 valence electrons. The fourth-order valence-corrected chi connectivity index (χ4v) is 1.39. The van der Waals surface area contributed by atoms with E-state index in [2.05, 4.69) is 4.98 Å². The van der Waals surface area contributed by atoms with Crippen LogP contribution in [0.25, 0.3) is 0 Å². The predicted octanol–water partition coefficient (Wildman–Crippen LogP) is 0.00920. The zero-order chi connectivity index (χ0) is 9.19. The Morgan fingerprint density at radius 2 is 2.25 bits per heavy atom. The quantitative estimate of drug-likeness (QED) is 0.667. The van der Waals surface area contributed by atoms with E-state index in [1.54, 1.807) is 0 Å². The van der Waals surface area contributed by atoms with Crippen molar-refractivity contribution in [3.8, 4) is 0 Å². The van der Waals surface area contributed by atoms with Crippen LogP contribution in [0, 0.1) is 5.95 Å². The Labute approximate surface area is 69.3 Å². The maximum atomic E-state index is 12.7. The molecule has 0 spiro atoms. The Bertz CT molecular complexity index is 377. The molecule has 0 atom stereocenters. The molecule has 0 aliphatic carbocycles. The lowest BCUT2D eigenvalue weighted by Gasteiger charge is -1.98. The molecule has 1 rings (SSSR count). The minimum atomic E-state index is -3.68. The Morgan fingerprint density at radius 3 is 2.75 bits per heavy atom. The van der Waals surface area contributed by atoms with Gasteiger partial charge in [0, 0.05) is 11.8 Å². The van der Waals surface area contributed by atoms with Gasteiger partial charge in [-0.3, -0.25) is 0 Å². The molecule has 0 unspecified atom stereocenters. The second kappa shape index (κ2) is 3.16. The molecule has 2 N–H and O–H groups in total. The van der Waals surface area contributed by atoms with Gasteiger partial charge in [0.05, 0.1) is 5.75 Å². The summed E-state index contributed by atoms with van der Waals surface area (Å²) in [6, 6.07) is 2.77. The summed E-state index contributed by atoms with van der Waals surface area (Å²) in [5.41, 5.74) is -0.0139. The average Bonchev–Trinajstić information content (AvgIpc) is 1.91. The Hall–Kier alpha value is -1.01. The van der Waals surface area contributed by atoms with Crippen molar-refractivity contribution in [3.63, 3.8) is 0 Å². The van der Waals surface area contributed by atoms with Crippen LogP contribution in [0.4, 0.5) is 4.39 Å². The molecule has 0 radical (unpaired) electrons. The summed E-state index contributed by atoms with van der Waals surface area (Å²) in [4.78, 5) is 3.28. The van der Waals surface area contributed by atoms with Crippen molar-refractivity contribution in [1.29, 1.82) is 0 Å². The molecule has 0 fully saturated rings. The second-order valence-electron chi connectivity index (χ2n) is 2.26. The maximum absolute atomic E-state index is 12.7. The molecule has 1 aromatic rings. The average molecular weight is 190 g/mol. The zero-order valence-corrected chi connectivity index (χ0v) is 6.88. The van der Waals surface area contributed by atoms with Crippen LogP contribution in [0.1, 0.15) is 5.56 Å². The number of halogens is 1. The molecule has 0 aliphatic rings. The highest BCUT2D eigenvalue weighted by molar-refractivity contribution is 7.88. The molecule has 0 saturated carbocycles. The van der Waals surface area contributed by atoms with Gasteiger partial charge in [-0.2, -0.15) is 4.39 Å². The van der Waals surface area contributed by atoms with Crippen LogP contribution in [0.2, 0.25) is 0 Å². The summed E-state index contributed by atoms with van der Waals surface area (Å²) >= 11 is 0. The number of aromatic nitrogens is 1. The van der Waals surface area contributed by atoms with Gasteiger partial charge < -0.3 is 0 Å². The molecule has 6 heteroatoms. The molecule has 0 aromatic carbocycles. The minimum absolute atomic E-state index is 0.0139. The lowest BCUT2D eigenvalue weighted by Crippen LogP contribution is -2.15. The Balaban J connectivity index is 2.98. The number of hydrogen-bond acceptors (Lipinski definition) is 3. The molecule has 1 aromatic heterocycles. The molecule has 4 nitrogen and oxygen atoms in total. The normalized spacial score (nSPS) is 11.5. The van der Waals surface area contributed by atoms with Crippen molar-refractivity contribution in [2.75, 3.05) is 0 Å². The monoisotopic (exact) mass is 190 g/mol. The smallest absolute Gasteiger partial charge is 0.217 e. The first-order valence-electron chi connectivity index (χ1n) is 3.09. The lowest BCUT2D eigenvalue weighted by molar-refractivity contribution is 0.565. The van der Waals surface area contributed by atoms with Gasteiger partial charge in [-0.25, -0.2) is 18.5 Å². The molecule has 0 aliphatic heterocycles. The highest BCUT2D eigenvalue weighted by Gasteiger charge is 2.09. The summed E-state index contributed by atoms with van der Waals surface area (Å²) in [7, 11) is -3.68. The van der Waals surface area contributed by atoms with Crippen molar-refractivity contribution in [3.05, 3.63) is 29.8 Å². The maximum Gasteiger partial charge on any atom is 0.217 e. The number of pyridine rings is 1. The van der Waals surface area contributed by atoms with Crippen molar-refractivity contribution in [2.45, 2.75) is 5.75 Å². The first-order valence-corrected chi connectivity index (χ1v) is 4.80. The van der Waals surface area contributed by atoms with Crippen LogP contribution in [0.3, 0.4) is 0 Å². The third-order valence-electron chi connectivity index (χ3n) is 1.19. The van der Waals surface area contributed by atoms with Gasteiger partial charge in [-0.15, -0.1) is 0 Å². The number of sulfonamides is 1. The van der Waals surface area contributed by atoms with E-state index in [1.807, 2.05) is 0 Å². The van der Waals surface area contributed by atoms with Crippen molar-refractivity contribution < 1.29 is 12.8 Å². The molecule has 0 saturated heterocycles. The summed E-state index contributed by atoms with van der Waals surface area (Å²) < 4.78 is 33.8. The highest BCUT2D eigenvalue weighted by atomic mass is 32.2. The number of primary sulfonamides is 1. The zero-order valence-electron chi connectivity index (χ0n) is 6.07. The van der Waals surface area contributed by atoms with Crippen LogP contribution in [0.15, 0.2) is 18.3 Å². The molecule has 12 heavy (non-hydrogen) atoms. The largest absolute Gasteiger partial charge is 0.228 e. The van der Waals surface area contributed by atoms with Gasteiger partial charge in [-0.1, -0.05) is 6.07 Å². The van der Waals surface area contributed by atoms with Gasteiger partial charge >= 0.3 is 0 Å². The minimum Gasteiger partial charge on any atom is -0.228 e. The van der Waals surface area contributed by atoms with E-state index in [9.17, 15) is 12.8 Å². The van der Waals surface area contributed by atoms with Gasteiger partial charge in [0.25, 0.3) is 0 Å². The van der Waals surface area contributed by atoms with Crippen LogP contribution < -0.4 is 5.14 Å². The van der Waals surface area contributed by atoms with Gasteiger partial charge in [0.2, 0.25) is 16.0 Å². The van der Waals surface area contributed by atoms with E-state index in [1.165, 1.54) is 18.3 Å². The van der Waals surface area contributed by atoms with Crippen LogP contribution in [-0.4, -0.2) is 13.4 Å². The number of hydrogen-bond donors (Lipinski definition) is 1. The van der Waals surface area contributed by atoms with Crippen molar-refractivity contribution in [1.82, 2.24) is 4.98 Å². The second-order valence-corrected chi connectivity index (χ2v) is 3.87. The number of rotatable bonds is 2.